The van der Waals surface area contributed by atoms with Gasteiger partial charge in [-0.1, -0.05) is 26.0 Å². The molecule has 24 heavy (non-hydrogen) atoms. The third kappa shape index (κ3) is 5.31. The Kier molecular flexibility index (Phi) is 7.37. The highest BCUT2D eigenvalue weighted by molar-refractivity contribution is 7.89. The minimum Gasteiger partial charge on any atom is -0.464 e. The predicted octanol–water partition coefficient (Wildman–Crippen LogP) is 1.58. The quantitative estimate of drug-likeness (QED) is 0.560. The molecule has 7 nitrogen and oxygen atoms in total. The number of hydrogen-bond donors (Lipinski definition) is 1. The monoisotopic (exact) mass is 357 g/mol. The summed E-state index contributed by atoms with van der Waals surface area (Å²) in [5.74, 6) is -1.75. The molecule has 0 bridgehead atoms. The first kappa shape index (κ1) is 20.1. The number of nitrogens with one attached hydrogen (secondary N) is 1. The average molecular weight is 357 g/mol. The van der Waals surface area contributed by atoms with Crippen LogP contribution in [0.5, 0.6) is 0 Å². The molecular formula is C16H23NO6S. The van der Waals surface area contributed by atoms with Crippen LogP contribution in [0, 0.1) is 0 Å². The fourth-order valence-electron chi connectivity index (χ4n) is 1.90. The SMILES string of the molecule is CCOC(=O)C(NS(=O)(=O)c1ccc(C(C)C)cc1)C(=O)OCC. The highest BCUT2D eigenvalue weighted by atomic mass is 32.2. The number of carbonyl (C=O) groups is 2. The van der Waals surface area contributed by atoms with Crippen molar-refractivity contribution in [3.05, 3.63) is 29.8 Å². The predicted molar refractivity (Wildman–Crippen MR) is 87.9 cm³/mol. The van der Waals surface area contributed by atoms with Gasteiger partial charge in [-0.05, 0) is 37.5 Å². The summed E-state index contributed by atoms with van der Waals surface area (Å²) in [5, 5.41) is 0. The largest absolute Gasteiger partial charge is 0.464 e. The molecule has 0 saturated carbocycles. The molecule has 8 heteroatoms. The average Bonchev–Trinajstić information content (AvgIpc) is 2.53. The smallest absolute Gasteiger partial charge is 0.335 e. The van der Waals surface area contributed by atoms with Gasteiger partial charge < -0.3 is 9.47 Å². The summed E-state index contributed by atoms with van der Waals surface area (Å²) in [6, 6.07) is 4.47. The van der Waals surface area contributed by atoms with Crippen molar-refractivity contribution in [2.75, 3.05) is 13.2 Å². The maximum Gasteiger partial charge on any atom is 0.335 e. The third-order valence-electron chi connectivity index (χ3n) is 3.17. The van der Waals surface area contributed by atoms with Crippen molar-refractivity contribution in [3.8, 4) is 0 Å². The van der Waals surface area contributed by atoms with E-state index in [2.05, 4.69) is 4.72 Å². The Morgan fingerprint density at radius 1 is 1.00 bits per heavy atom. The lowest BCUT2D eigenvalue weighted by atomic mass is 10.0. The molecule has 1 rings (SSSR count). The van der Waals surface area contributed by atoms with Gasteiger partial charge in [0.15, 0.2) is 0 Å². The summed E-state index contributed by atoms with van der Waals surface area (Å²) in [5.41, 5.74) is 0.973. The molecule has 0 fully saturated rings. The van der Waals surface area contributed by atoms with E-state index in [0.717, 1.165) is 5.56 Å². The van der Waals surface area contributed by atoms with Crippen molar-refractivity contribution >= 4 is 22.0 Å². The van der Waals surface area contributed by atoms with Crippen LogP contribution < -0.4 is 4.72 Å². The maximum atomic E-state index is 12.4. The maximum absolute atomic E-state index is 12.4. The van der Waals surface area contributed by atoms with Crippen LogP contribution in [0.25, 0.3) is 0 Å². The van der Waals surface area contributed by atoms with Gasteiger partial charge in [-0.2, -0.15) is 4.72 Å². The molecule has 0 heterocycles. The van der Waals surface area contributed by atoms with Crippen molar-refractivity contribution < 1.29 is 27.5 Å². The van der Waals surface area contributed by atoms with Crippen LogP contribution in [0.2, 0.25) is 0 Å². The number of rotatable bonds is 8. The Morgan fingerprint density at radius 3 is 1.83 bits per heavy atom. The minimum atomic E-state index is -4.08. The molecule has 0 saturated heterocycles. The summed E-state index contributed by atoms with van der Waals surface area (Å²) in [6.45, 7) is 7.11. The first-order chi connectivity index (χ1) is 11.2. The third-order valence-corrected chi connectivity index (χ3v) is 4.61. The van der Waals surface area contributed by atoms with E-state index in [0.29, 0.717) is 0 Å². The van der Waals surface area contributed by atoms with E-state index in [1.807, 2.05) is 13.8 Å². The van der Waals surface area contributed by atoms with Crippen molar-refractivity contribution in [2.24, 2.45) is 0 Å². The molecule has 0 radical (unpaired) electrons. The molecule has 0 amide bonds. The lowest BCUT2D eigenvalue weighted by Crippen LogP contribution is -2.48. The zero-order valence-corrected chi connectivity index (χ0v) is 15.1. The Balaban J connectivity index is 3.05. The summed E-state index contributed by atoms with van der Waals surface area (Å²) in [4.78, 5) is 23.7. The number of sulfonamides is 1. The van der Waals surface area contributed by atoms with Crippen LogP contribution in [0.15, 0.2) is 29.2 Å². The van der Waals surface area contributed by atoms with Gasteiger partial charge in [-0.3, -0.25) is 0 Å². The van der Waals surface area contributed by atoms with E-state index in [1.165, 1.54) is 12.1 Å². The van der Waals surface area contributed by atoms with Crippen molar-refractivity contribution in [3.63, 3.8) is 0 Å². The summed E-state index contributed by atoms with van der Waals surface area (Å²) in [6.07, 6.45) is 0. The van der Waals surface area contributed by atoms with E-state index in [4.69, 9.17) is 9.47 Å². The van der Waals surface area contributed by atoms with Gasteiger partial charge in [0.2, 0.25) is 16.1 Å². The van der Waals surface area contributed by atoms with Gasteiger partial charge in [-0.15, -0.1) is 0 Å². The number of benzene rings is 1. The topological polar surface area (TPSA) is 98.8 Å². The zero-order chi connectivity index (χ0) is 18.3. The summed E-state index contributed by atoms with van der Waals surface area (Å²) in [7, 11) is -4.08. The second kappa shape index (κ2) is 8.79. The summed E-state index contributed by atoms with van der Waals surface area (Å²) < 4.78 is 36.4. The van der Waals surface area contributed by atoms with Gasteiger partial charge >= 0.3 is 11.9 Å². The second-order valence-electron chi connectivity index (χ2n) is 5.28. The normalized spacial score (nSPS) is 11.6. The van der Waals surface area contributed by atoms with Crippen molar-refractivity contribution in [1.82, 2.24) is 4.72 Å². The first-order valence-electron chi connectivity index (χ1n) is 7.68. The molecule has 0 aliphatic rings. The van der Waals surface area contributed by atoms with E-state index in [1.54, 1.807) is 26.0 Å². The molecule has 134 valence electrons. The minimum absolute atomic E-state index is 0.0134. The Morgan fingerprint density at radius 2 is 1.46 bits per heavy atom. The van der Waals surface area contributed by atoms with E-state index in [9.17, 15) is 18.0 Å². The summed E-state index contributed by atoms with van der Waals surface area (Å²) >= 11 is 0. The molecule has 1 aromatic carbocycles. The van der Waals surface area contributed by atoms with E-state index < -0.39 is 28.0 Å². The van der Waals surface area contributed by atoms with Crippen LogP contribution in [0.1, 0.15) is 39.2 Å². The van der Waals surface area contributed by atoms with Gasteiger partial charge in [0, 0.05) is 0 Å². The van der Waals surface area contributed by atoms with E-state index >= 15 is 0 Å². The fraction of sp³-hybridized carbons (Fsp3) is 0.500. The fourth-order valence-corrected chi connectivity index (χ4v) is 3.03. The molecule has 0 atom stereocenters. The highest BCUT2D eigenvalue weighted by Gasteiger charge is 2.34. The highest BCUT2D eigenvalue weighted by Crippen LogP contribution is 2.17. The number of esters is 2. The van der Waals surface area contributed by atoms with Crippen molar-refractivity contribution in [2.45, 2.75) is 44.6 Å². The van der Waals surface area contributed by atoms with Gasteiger partial charge in [0.05, 0.1) is 18.1 Å². The number of carbonyl (C=O) groups excluding carboxylic acids is 2. The molecular weight excluding hydrogens is 334 g/mol. The van der Waals surface area contributed by atoms with E-state index in [-0.39, 0.29) is 24.0 Å². The molecule has 0 unspecified atom stereocenters. The Labute approximate surface area is 142 Å². The molecule has 0 aromatic heterocycles. The Bertz CT molecular complexity index is 648. The van der Waals surface area contributed by atoms with Gasteiger partial charge in [0.1, 0.15) is 0 Å². The van der Waals surface area contributed by atoms with Crippen LogP contribution >= 0.6 is 0 Å². The standard InChI is InChI=1S/C16H23NO6S/c1-5-22-15(18)14(16(19)23-6-2)17-24(20,21)13-9-7-12(8-10-13)11(3)4/h7-11,14,17H,5-6H2,1-4H3. The zero-order valence-electron chi connectivity index (χ0n) is 14.2. The lowest BCUT2D eigenvalue weighted by molar-refractivity contribution is -0.157. The van der Waals surface area contributed by atoms with Crippen LogP contribution in [0.3, 0.4) is 0 Å². The molecule has 0 aliphatic heterocycles. The van der Waals surface area contributed by atoms with Crippen LogP contribution in [0.4, 0.5) is 0 Å². The molecule has 0 spiro atoms. The molecule has 1 N–H and O–H groups in total. The number of hydrogen-bond acceptors (Lipinski definition) is 6. The van der Waals surface area contributed by atoms with Crippen LogP contribution in [-0.2, 0) is 29.1 Å². The molecule has 1 aromatic rings. The first-order valence-corrected chi connectivity index (χ1v) is 9.16. The van der Waals surface area contributed by atoms with Crippen molar-refractivity contribution in [1.29, 1.82) is 0 Å². The molecule has 0 aliphatic carbocycles. The Hall–Kier alpha value is -1.93. The van der Waals surface area contributed by atoms with Gasteiger partial charge in [0.25, 0.3) is 0 Å². The van der Waals surface area contributed by atoms with Crippen LogP contribution in [-0.4, -0.2) is 39.6 Å². The lowest BCUT2D eigenvalue weighted by Gasteiger charge is -2.16. The number of ether oxygens (including phenoxy) is 2. The second-order valence-corrected chi connectivity index (χ2v) is 7.00. The van der Waals surface area contributed by atoms with Gasteiger partial charge in [-0.25, -0.2) is 18.0 Å².